The van der Waals surface area contributed by atoms with Gasteiger partial charge < -0.3 is 9.40 Å². The fraction of sp³-hybridized carbons (Fsp3) is 0.400. The molecule has 0 radical (unpaired) electrons. The third-order valence-corrected chi connectivity index (χ3v) is 4.16. The number of aromatic nitrogens is 3. The molecule has 0 aliphatic carbocycles. The van der Waals surface area contributed by atoms with Gasteiger partial charge in [-0.25, -0.2) is 8.42 Å². The van der Waals surface area contributed by atoms with Crippen molar-refractivity contribution < 1.29 is 12.8 Å². The van der Waals surface area contributed by atoms with Crippen molar-refractivity contribution in [3.05, 3.63) is 17.1 Å². The summed E-state index contributed by atoms with van der Waals surface area (Å²) >= 11 is 0. The van der Waals surface area contributed by atoms with Gasteiger partial charge in [0, 0.05) is 22.8 Å². The Morgan fingerprint density at radius 3 is 2.44 bits per heavy atom. The molecular formula is C10H12ClN3O3S. The Morgan fingerprint density at radius 1 is 1.33 bits per heavy atom. The molecule has 8 heteroatoms. The number of rotatable bonds is 3. The zero-order chi connectivity index (χ0) is 13.5. The lowest BCUT2D eigenvalue weighted by molar-refractivity contribution is 0.511. The summed E-state index contributed by atoms with van der Waals surface area (Å²) in [6.07, 6.45) is 0.617. The van der Waals surface area contributed by atoms with Gasteiger partial charge in [-0.2, -0.15) is 0 Å². The maximum Gasteiger partial charge on any atom is 0.264 e. The van der Waals surface area contributed by atoms with Crippen molar-refractivity contribution in [3.63, 3.8) is 0 Å². The zero-order valence-electron chi connectivity index (χ0n) is 10.1. The summed E-state index contributed by atoms with van der Waals surface area (Å²) in [5.74, 6) is 0.756. The average molecular weight is 290 g/mol. The largest absolute Gasteiger partial charge is 0.419 e. The molecule has 0 amide bonds. The fourth-order valence-electron chi connectivity index (χ4n) is 1.81. The van der Waals surface area contributed by atoms with Crippen molar-refractivity contribution in [1.82, 2.24) is 15.2 Å². The SMILES string of the molecule is CCc1nnc(-c2[nH]c(C)c(S(=O)(=O)Cl)c2C)o1. The maximum atomic E-state index is 11.5. The summed E-state index contributed by atoms with van der Waals surface area (Å²) in [4.78, 5) is 2.98. The van der Waals surface area contributed by atoms with Crippen LogP contribution < -0.4 is 0 Å². The molecule has 0 spiro atoms. The number of hydrogen-bond acceptors (Lipinski definition) is 5. The first-order valence-corrected chi connectivity index (χ1v) is 7.62. The van der Waals surface area contributed by atoms with E-state index in [-0.39, 0.29) is 10.8 Å². The quantitative estimate of drug-likeness (QED) is 0.875. The van der Waals surface area contributed by atoms with E-state index < -0.39 is 9.05 Å². The van der Waals surface area contributed by atoms with E-state index in [4.69, 9.17) is 15.1 Å². The molecule has 0 aliphatic rings. The van der Waals surface area contributed by atoms with E-state index in [1.807, 2.05) is 6.92 Å². The first-order valence-electron chi connectivity index (χ1n) is 5.31. The van der Waals surface area contributed by atoms with Gasteiger partial charge in [-0.05, 0) is 19.4 Å². The van der Waals surface area contributed by atoms with Gasteiger partial charge in [0.1, 0.15) is 10.6 Å². The first-order chi connectivity index (χ1) is 8.34. The lowest BCUT2D eigenvalue weighted by Crippen LogP contribution is -1.93. The topological polar surface area (TPSA) is 88.9 Å². The third-order valence-electron chi connectivity index (χ3n) is 2.60. The molecule has 2 rings (SSSR count). The van der Waals surface area contributed by atoms with E-state index in [1.165, 1.54) is 0 Å². The molecule has 0 fully saturated rings. The number of H-pyrrole nitrogens is 1. The Morgan fingerprint density at radius 2 is 2.00 bits per heavy atom. The van der Waals surface area contributed by atoms with Crippen molar-refractivity contribution in [1.29, 1.82) is 0 Å². The van der Waals surface area contributed by atoms with Crippen molar-refractivity contribution >= 4 is 19.7 Å². The molecular weight excluding hydrogens is 278 g/mol. The highest BCUT2D eigenvalue weighted by Gasteiger charge is 2.24. The second kappa shape index (κ2) is 4.40. The second-order valence-electron chi connectivity index (χ2n) is 3.87. The first kappa shape index (κ1) is 13.1. The van der Waals surface area contributed by atoms with Gasteiger partial charge in [-0.3, -0.25) is 0 Å². The Labute approximate surface area is 109 Å². The number of nitrogens with zero attached hydrogens (tertiary/aromatic N) is 2. The second-order valence-corrected chi connectivity index (χ2v) is 6.37. The molecule has 2 aromatic heterocycles. The minimum atomic E-state index is -3.80. The number of aryl methyl sites for hydroxylation is 2. The van der Waals surface area contributed by atoms with E-state index in [0.717, 1.165) is 0 Å². The standard InChI is InChI=1S/C10H12ClN3O3S/c1-4-7-13-14-10(17-7)8-5(2)9(6(3)12-8)18(11,15)16/h12H,4H2,1-3H3. The molecule has 0 aromatic carbocycles. The van der Waals surface area contributed by atoms with E-state index in [2.05, 4.69) is 15.2 Å². The minimum Gasteiger partial charge on any atom is -0.419 e. The van der Waals surface area contributed by atoms with Crippen LogP contribution in [0.5, 0.6) is 0 Å². The van der Waals surface area contributed by atoms with Gasteiger partial charge in [0.15, 0.2) is 0 Å². The highest BCUT2D eigenvalue weighted by molar-refractivity contribution is 8.13. The van der Waals surface area contributed by atoms with Crippen LogP contribution in [0.15, 0.2) is 9.31 Å². The minimum absolute atomic E-state index is 0.0652. The van der Waals surface area contributed by atoms with Gasteiger partial charge in [-0.15, -0.1) is 10.2 Å². The summed E-state index contributed by atoms with van der Waals surface area (Å²) < 4.78 is 28.3. The summed E-state index contributed by atoms with van der Waals surface area (Å²) in [6.45, 7) is 5.16. The van der Waals surface area contributed by atoms with Crippen LogP contribution in [0.25, 0.3) is 11.6 Å². The fourth-order valence-corrected chi connectivity index (χ4v) is 3.39. The van der Waals surface area contributed by atoms with Crippen molar-refractivity contribution in [3.8, 4) is 11.6 Å². The molecule has 1 N–H and O–H groups in total. The van der Waals surface area contributed by atoms with Crippen LogP contribution in [-0.4, -0.2) is 23.6 Å². The molecule has 0 saturated heterocycles. The van der Waals surface area contributed by atoms with Crippen molar-refractivity contribution in [2.45, 2.75) is 32.1 Å². The average Bonchev–Trinajstić information content (AvgIpc) is 2.81. The molecule has 0 aliphatic heterocycles. The normalized spacial score (nSPS) is 12.0. The Balaban J connectivity index is 2.61. The molecule has 98 valence electrons. The number of hydrogen-bond donors (Lipinski definition) is 1. The molecule has 2 aromatic rings. The molecule has 6 nitrogen and oxygen atoms in total. The van der Waals surface area contributed by atoms with Crippen LogP contribution in [0, 0.1) is 13.8 Å². The van der Waals surface area contributed by atoms with Crippen LogP contribution in [0.4, 0.5) is 0 Å². The number of aromatic amines is 1. The van der Waals surface area contributed by atoms with Gasteiger partial charge >= 0.3 is 0 Å². The molecule has 0 saturated carbocycles. The molecule has 0 bridgehead atoms. The Kier molecular flexibility index (Phi) is 3.20. The van der Waals surface area contributed by atoms with Gasteiger partial charge in [0.25, 0.3) is 14.9 Å². The lowest BCUT2D eigenvalue weighted by atomic mass is 10.2. The number of nitrogens with one attached hydrogen (secondary N) is 1. The number of halogens is 1. The van der Waals surface area contributed by atoms with Crippen molar-refractivity contribution in [2.75, 3.05) is 0 Å². The maximum absolute atomic E-state index is 11.5. The molecule has 0 atom stereocenters. The van der Waals surface area contributed by atoms with Gasteiger partial charge in [0.05, 0.1) is 0 Å². The molecule has 0 unspecified atom stereocenters. The Bertz CT molecular complexity index is 687. The zero-order valence-corrected chi connectivity index (χ0v) is 11.7. The third kappa shape index (κ3) is 2.15. The van der Waals surface area contributed by atoms with E-state index in [1.54, 1.807) is 13.8 Å². The predicted molar refractivity (Wildman–Crippen MR) is 66.0 cm³/mol. The summed E-state index contributed by atoms with van der Waals surface area (Å²) in [7, 11) is 1.59. The van der Waals surface area contributed by atoms with Crippen LogP contribution in [-0.2, 0) is 15.5 Å². The van der Waals surface area contributed by atoms with E-state index >= 15 is 0 Å². The van der Waals surface area contributed by atoms with Crippen LogP contribution in [0.3, 0.4) is 0 Å². The summed E-state index contributed by atoms with van der Waals surface area (Å²) in [5, 5.41) is 7.70. The smallest absolute Gasteiger partial charge is 0.264 e. The summed E-state index contributed by atoms with van der Waals surface area (Å²) in [6, 6.07) is 0. The molecule has 18 heavy (non-hydrogen) atoms. The predicted octanol–water partition coefficient (Wildman–Crippen LogP) is 2.17. The van der Waals surface area contributed by atoms with Crippen LogP contribution in [0.2, 0.25) is 0 Å². The van der Waals surface area contributed by atoms with E-state index in [0.29, 0.717) is 29.3 Å². The van der Waals surface area contributed by atoms with Gasteiger partial charge in [0.2, 0.25) is 5.89 Å². The highest BCUT2D eigenvalue weighted by atomic mass is 35.7. The van der Waals surface area contributed by atoms with Gasteiger partial charge in [-0.1, -0.05) is 6.92 Å². The van der Waals surface area contributed by atoms with E-state index in [9.17, 15) is 8.42 Å². The van der Waals surface area contributed by atoms with Crippen molar-refractivity contribution in [2.24, 2.45) is 0 Å². The lowest BCUT2D eigenvalue weighted by Gasteiger charge is -1.96. The van der Waals surface area contributed by atoms with Crippen LogP contribution in [0.1, 0.15) is 24.1 Å². The monoisotopic (exact) mass is 289 g/mol. The summed E-state index contributed by atoms with van der Waals surface area (Å²) in [5.41, 5.74) is 1.42. The van der Waals surface area contributed by atoms with Crippen LogP contribution >= 0.6 is 10.7 Å². The Hall–Kier alpha value is -1.34. The molecule has 2 heterocycles. The highest BCUT2D eigenvalue weighted by Crippen LogP contribution is 2.31.